The highest BCUT2D eigenvalue weighted by Crippen LogP contribution is 2.10. The molecule has 0 bridgehead atoms. The maximum absolute atomic E-state index is 5.62. The van der Waals surface area contributed by atoms with E-state index in [9.17, 15) is 0 Å². The topological polar surface area (TPSA) is 47.0 Å². The Balaban J connectivity index is 1.86. The van der Waals surface area contributed by atoms with E-state index >= 15 is 0 Å². The minimum Gasteiger partial charge on any atom is -0.476 e. The third-order valence-corrected chi connectivity index (χ3v) is 2.66. The van der Waals surface area contributed by atoms with Gasteiger partial charge in [0.1, 0.15) is 12.9 Å². The molecular weight excluding hydrogens is 190 g/mol. The van der Waals surface area contributed by atoms with E-state index in [2.05, 4.69) is 22.2 Å². The summed E-state index contributed by atoms with van der Waals surface area (Å²) in [6.07, 6.45) is 4.93. The van der Waals surface area contributed by atoms with Gasteiger partial charge in [-0.3, -0.25) is 0 Å². The van der Waals surface area contributed by atoms with Crippen molar-refractivity contribution >= 4 is 0 Å². The second-order valence-electron chi connectivity index (χ2n) is 3.81. The zero-order valence-corrected chi connectivity index (χ0v) is 9.07. The minimum atomic E-state index is 0.491. The molecule has 82 valence electrons. The molecule has 4 nitrogen and oxygen atoms in total. The molecule has 1 N–H and O–H groups in total. The van der Waals surface area contributed by atoms with E-state index in [0.717, 1.165) is 18.7 Å². The lowest BCUT2D eigenvalue weighted by molar-refractivity contribution is 0.267. The van der Waals surface area contributed by atoms with Crippen molar-refractivity contribution in [3.63, 3.8) is 0 Å². The standard InChI is InChI=1S/C11H17N3O/c1-2-9-6-11(14-8-13-9)15-7-10-4-3-5-12-10/h6,8,10,12H,2-5,7H2,1H3. The van der Waals surface area contributed by atoms with Gasteiger partial charge >= 0.3 is 0 Å². The van der Waals surface area contributed by atoms with Gasteiger partial charge in [-0.15, -0.1) is 0 Å². The van der Waals surface area contributed by atoms with Crippen molar-refractivity contribution < 1.29 is 4.74 Å². The Labute approximate surface area is 90.1 Å². The van der Waals surface area contributed by atoms with Crippen LogP contribution in [0.25, 0.3) is 0 Å². The van der Waals surface area contributed by atoms with Gasteiger partial charge in [0, 0.05) is 17.8 Å². The highest BCUT2D eigenvalue weighted by Gasteiger charge is 2.14. The Hall–Kier alpha value is -1.16. The van der Waals surface area contributed by atoms with Crippen LogP contribution in [0.3, 0.4) is 0 Å². The predicted molar refractivity (Wildman–Crippen MR) is 57.9 cm³/mol. The van der Waals surface area contributed by atoms with E-state index in [0.29, 0.717) is 18.5 Å². The average Bonchev–Trinajstić information content (AvgIpc) is 2.79. The molecule has 1 unspecified atom stereocenters. The molecule has 2 heterocycles. The summed E-state index contributed by atoms with van der Waals surface area (Å²) in [4.78, 5) is 8.22. The van der Waals surface area contributed by atoms with Crippen molar-refractivity contribution in [2.75, 3.05) is 13.2 Å². The zero-order chi connectivity index (χ0) is 10.5. The summed E-state index contributed by atoms with van der Waals surface area (Å²) in [7, 11) is 0. The third-order valence-electron chi connectivity index (χ3n) is 2.66. The number of nitrogens with zero attached hydrogens (tertiary/aromatic N) is 2. The summed E-state index contributed by atoms with van der Waals surface area (Å²) in [5, 5.41) is 3.39. The normalized spacial score (nSPS) is 20.5. The first-order valence-corrected chi connectivity index (χ1v) is 5.55. The van der Waals surface area contributed by atoms with Gasteiger partial charge in [-0.25, -0.2) is 9.97 Å². The van der Waals surface area contributed by atoms with Gasteiger partial charge < -0.3 is 10.1 Å². The van der Waals surface area contributed by atoms with Gasteiger partial charge in [0.05, 0.1) is 0 Å². The number of ether oxygens (including phenoxy) is 1. The summed E-state index contributed by atoms with van der Waals surface area (Å²) in [6.45, 7) is 3.89. The molecule has 1 aromatic heterocycles. The molecule has 1 atom stereocenters. The summed E-state index contributed by atoms with van der Waals surface area (Å²) < 4.78 is 5.62. The SMILES string of the molecule is CCc1cc(OCC2CCCN2)ncn1. The second-order valence-corrected chi connectivity index (χ2v) is 3.81. The highest BCUT2D eigenvalue weighted by atomic mass is 16.5. The Morgan fingerprint density at radius 2 is 2.47 bits per heavy atom. The Kier molecular flexibility index (Phi) is 3.50. The number of hydrogen-bond donors (Lipinski definition) is 1. The molecule has 1 aliphatic heterocycles. The fraction of sp³-hybridized carbons (Fsp3) is 0.636. The Bertz CT molecular complexity index is 310. The van der Waals surface area contributed by atoms with Crippen LogP contribution >= 0.6 is 0 Å². The van der Waals surface area contributed by atoms with E-state index in [1.54, 1.807) is 6.33 Å². The smallest absolute Gasteiger partial charge is 0.216 e. The van der Waals surface area contributed by atoms with Gasteiger partial charge in [0.2, 0.25) is 5.88 Å². The van der Waals surface area contributed by atoms with E-state index < -0.39 is 0 Å². The molecule has 4 heteroatoms. The fourth-order valence-corrected chi connectivity index (χ4v) is 1.73. The molecule has 0 spiro atoms. The third kappa shape index (κ3) is 2.89. The lowest BCUT2D eigenvalue weighted by atomic mass is 10.2. The lowest BCUT2D eigenvalue weighted by Crippen LogP contribution is -2.28. The molecular formula is C11H17N3O. The first kappa shape index (κ1) is 10.4. The first-order valence-electron chi connectivity index (χ1n) is 5.55. The van der Waals surface area contributed by atoms with Crippen molar-refractivity contribution in [2.24, 2.45) is 0 Å². The Morgan fingerprint density at radius 1 is 1.53 bits per heavy atom. The maximum Gasteiger partial charge on any atom is 0.216 e. The number of hydrogen-bond acceptors (Lipinski definition) is 4. The number of aryl methyl sites for hydroxylation is 1. The van der Waals surface area contributed by atoms with E-state index in [1.807, 2.05) is 6.07 Å². The van der Waals surface area contributed by atoms with Crippen molar-refractivity contribution in [1.82, 2.24) is 15.3 Å². The molecule has 0 radical (unpaired) electrons. The zero-order valence-electron chi connectivity index (χ0n) is 9.07. The number of aromatic nitrogens is 2. The molecule has 0 saturated carbocycles. The minimum absolute atomic E-state index is 0.491. The number of rotatable bonds is 4. The predicted octanol–water partition coefficient (Wildman–Crippen LogP) is 1.17. The van der Waals surface area contributed by atoms with Crippen molar-refractivity contribution in [3.8, 4) is 5.88 Å². The largest absolute Gasteiger partial charge is 0.476 e. The van der Waals surface area contributed by atoms with Crippen LogP contribution in [0.2, 0.25) is 0 Å². The first-order chi connectivity index (χ1) is 7.38. The molecule has 1 fully saturated rings. The van der Waals surface area contributed by atoms with E-state index in [4.69, 9.17) is 4.74 Å². The van der Waals surface area contributed by atoms with Crippen LogP contribution in [0.5, 0.6) is 5.88 Å². The van der Waals surface area contributed by atoms with Crippen LogP contribution in [0, 0.1) is 0 Å². The van der Waals surface area contributed by atoms with Crippen LogP contribution in [-0.4, -0.2) is 29.2 Å². The van der Waals surface area contributed by atoms with Gasteiger partial charge in [-0.1, -0.05) is 6.92 Å². The molecule has 0 amide bonds. The second kappa shape index (κ2) is 5.07. The molecule has 0 aromatic carbocycles. The van der Waals surface area contributed by atoms with Crippen molar-refractivity contribution in [2.45, 2.75) is 32.2 Å². The van der Waals surface area contributed by atoms with Crippen molar-refractivity contribution in [3.05, 3.63) is 18.1 Å². The van der Waals surface area contributed by atoms with Crippen LogP contribution in [0.1, 0.15) is 25.5 Å². The highest BCUT2D eigenvalue weighted by molar-refractivity contribution is 5.13. The van der Waals surface area contributed by atoms with Gasteiger partial charge in [0.25, 0.3) is 0 Å². The molecule has 2 rings (SSSR count). The molecule has 1 aliphatic rings. The Morgan fingerprint density at radius 3 is 3.20 bits per heavy atom. The number of nitrogens with one attached hydrogen (secondary N) is 1. The summed E-state index contributed by atoms with van der Waals surface area (Å²) in [5.74, 6) is 0.690. The summed E-state index contributed by atoms with van der Waals surface area (Å²) in [5.41, 5.74) is 1.03. The van der Waals surface area contributed by atoms with Gasteiger partial charge in [0.15, 0.2) is 0 Å². The monoisotopic (exact) mass is 207 g/mol. The summed E-state index contributed by atoms with van der Waals surface area (Å²) >= 11 is 0. The van der Waals surface area contributed by atoms with E-state index in [-0.39, 0.29) is 0 Å². The molecule has 1 aromatic rings. The molecule has 0 aliphatic carbocycles. The van der Waals surface area contributed by atoms with Crippen LogP contribution < -0.4 is 10.1 Å². The average molecular weight is 207 g/mol. The van der Waals surface area contributed by atoms with E-state index in [1.165, 1.54) is 12.8 Å². The quantitative estimate of drug-likeness (QED) is 0.805. The molecule has 1 saturated heterocycles. The van der Waals surface area contributed by atoms with Crippen molar-refractivity contribution in [1.29, 1.82) is 0 Å². The van der Waals surface area contributed by atoms with Gasteiger partial charge in [-0.2, -0.15) is 0 Å². The lowest BCUT2D eigenvalue weighted by Gasteiger charge is -2.11. The van der Waals surface area contributed by atoms with Crippen LogP contribution in [0.15, 0.2) is 12.4 Å². The van der Waals surface area contributed by atoms with Crippen LogP contribution in [-0.2, 0) is 6.42 Å². The fourth-order valence-electron chi connectivity index (χ4n) is 1.73. The van der Waals surface area contributed by atoms with Crippen LogP contribution in [0.4, 0.5) is 0 Å². The maximum atomic E-state index is 5.62. The molecule has 15 heavy (non-hydrogen) atoms. The summed E-state index contributed by atoms with van der Waals surface area (Å²) in [6, 6.07) is 2.40. The van der Waals surface area contributed by atoms with Gasteiger partial charge in [-0.05, 0) is 25.8 Å².